The lowest BCUT2D eigenvalue weighted by atomic mass is 10.1. The fourth-order valence-corrected chi connectivity index (χ4v) is 1.77. The number of hydrogen-bond acceptors (Lipinski definition) is 0. The number of hydrogen-bond donors (Lipinski definition) is 0. The molecule has 0 saturated heterocycles. The highest BCUT2D eigenvalue weighted by Gasteiger charge is 1.98. The van der Waals surface area contributed by atoms with Crippen LogP contribution in [0.2, 0.25) is 10.0 Å². The van der Waals surface area contributed by atoms with E-state index >= 15 is 0 Å². The molecule has 0 nitrogen and oxygen atoms in total. The molecule has 2 radical (unpaired) electrons. The summed E-state index contributed by atoms with van der Waals surface area (Å²) < 4.78 is 0. The minimum atomic E-state index is 0.728. The molecule has 2 aromatic carbocycles. The fourth-order valence-electron chi connectivity index (χ4n) is 1.38. The van der Waals surface area contributed by atoms with E-state index in [0.717, 1.165) is 27.6 Å². The minimum Gasteiger partial charge on any atom is -0.0843 e. The van der Waals surface area contributed by atoms with Gasteiger partial charge in [0.05, 0.1) is 0 Å². The highest BCUT2D eigenvalue weighted by molar-refractivity contribution is 6.30. The molecule has 0 aliphatic heterocycles. The van der Waals surface area contributed by atoms with E-state index in [1.165, 1.54) is 0 Å². The fraction of sp³-hybridized carbons (Fsp3) is 0.0769. The van der Waals surface area contributed by atoms with Gasteiger partial charge in [-0.05, 0) is 53.9 Å². The number of benzene rings is 2. The Balaban J connectivity index is 2.22. The molecule has 2 aromatic rings. The van der Waals surface area contributed by atoms with Gasteiger partial charge >= 0.3 is 0 Å². The van der Waals surface area contributed by atoms with Crippen LogP contribution < -0.4 is 0 Å². The topological polar surface area (TPSA) is 0 Å². The Kier molecular flexibility index (Phi) is 3.30. The zero-order valence-corrected chi connectivity index (χ0v) is 9.44. The summed E-state index contributed by atoms with van der Waals surface area (Å²) in [5.41, 5.74) is 2.09. The van der Waals surface area contributed by atoms with Crippen molar-refractivity contribution in [2.24, 2.45) is 0 Å². The van der Waals surface area contributed by atoms with E-state index in [2.05, 4.69) is 12.1 Å². The first-order valence-corrected chi connectivity index (χ1v) is 5.32. The van der Waals surface area contributed by atoms with Crippen molar-refractivity contribution in [1.29, 1.82) is 0 Å². The van der Waals surface area contributed by atoms with Gasteiger partial charge in [-0.3, -0.25) is 0 Å². The first-order valence-electron chi connectivity index (χ1n) is 4.56. The molecular formula is C13H8Cl2. The van der Waals surface area contributed by atoms with Gasteiger partial charge in [-0.15, -0.1) is 0 Å². The standard InChI is InChI=1S/C13H8Cl2/c14-12-5-1-3-10(8-12)7-11-4-2-6-13(15)9-11/h1-2,5-6,8-9H,7H2. The van der Waals surface area contributed by atoms with Crippen molar-refractivity contribution in [2.75, 3.05) is 0 Å². The number of rotatable bonds is 2. The van der Waals surface area contributed by atoms with Crippen molar-refractivity contribution in [1.82, 2.24) is 0 Å². The second-order valence-corrected chi connectivity index (χ2v) is 4.11. The first kappa shape index (κ1) is 10.5. The zero-order valence-electron chi connectivity index (χ0n) is 7.93. The summed E-state index contributed by atoms with van der Waals surface area (Å²) in [6.45, 7) is 0. The molecule has 0 heterocycles. The summed E-state index contributed by atoms with van der Waals surface area (Å²) in [4.78, 5) is 0. The first-order chi connectivity index (χ1) is 7.24. The van der Waals surface area contributed by atoms with Crippen molar-refractivity contribution >= 4 is 23.2 Å². The Morgan fingerprint density at radius 2 is 1.33 bits per heavy atom. The maximum absolute atomic E-state index is 5.89. The molecule has 0 aliphatic carbocycles. The Morgan fingerprint density at radius 3 is 1.73 bits per heavy atom. The van der Waals surface area contributed by atoms with Gasteiger partial charge in [0, 0.05) is 10.0 Å². The van der Waals surface area contributed by atoms with E-state index in [1.807, 2.05) is 36.4 Å². The Morgan fingerprint density at radius 1 is 0.867 bits per heavy atom. The van der Waals surface area contributed by atoms with Crippen molar-refractivity contribution in [3.8, 4) is 0 Å². The molecule has 0 spiro atoms. The van der Waals surface area contributed by atoms with E-state index in [0.29, 0.717) is 0 Å². The minimum absolute atomic E-state index is 0.728. The van der Waals surface area contributed by atoms with Crippen molar-refractivity contribution in [3.05, 3.63) is 69.7 Å². The highest BCUT2D eigenvalue weighted by Crippen LogP contribution is 2.16. The third kappa shape index (κ3) is 2.98. The Bertz CT molecular complexity index is 420. The lowest BCUT2D eigenvalue weighted by Crippen LogP contribution is -1.88. The normalized spacial score (nSPS) is 10.3. The molecule has 2 heteroatoms. The number of halogens is 2. The van der Waals surface area contributed by atoms with Gasteiger partial charge in [0.25, 0.3) is 0 Å². The van der Waals surface area contributed by atoms with Crippen molar-refractivity contribution in [3.63, 3.8) is 0 Å². The van der Waals surface area contributed by atoms with Crippen LogP contribution in [0.5, 0.6) is 0 Å². The molecule has 0 unspecified atom stereocenters. The van der Waals surface area contributed by atoms with Crippen LogP contribution in [-0.2, 0) is 6.42 Å². The molecule has 0 N–H and O–H groups in total. The van der Waals surface area contributed by atoms with E-state index < -0.39 is 0 Å². The van der Waals surface area contributed by atoms with Gasteiger partial charge in [0.15, 0.2) is 0 Å². The van der Waals surface area contributed by atoms with Gasteiger partial charge in [0.2, 0.25) is 0 Å². The van der Waals surface area contributed by atoms with E-state index in [9.17, 15) is 0 Å². The summed E-state index contributed by atoms with van der Waals surface area (Å²) in [7, 11) is 0. The van der Waals surface area contributed by atoms with Gasteiger partial charge in [0.1, 0.15) is 0 Å². The lowest BCUT2D eigenvalue weighted by molar-refractivity contribution is 1.18. The Labute approximate surface area is 99.5 Å². The third-order valence-electron chi connectivity index (χ3n) is 2.03. The molecule has 0 bridgehead atoms. The molecule has 0 saturated carbocycles. The molecule has 15 heavy (non-hydrogen) atoms. The van der Waals surface area contributed by atoms with Crippen LogP contribution in [0.1, 0.15) is 11.1 Å². The molecule has 0 amide bonds. The van der Waals surface area contributed by atoms with Crippen LogP contribution >= 0.6 is 23.2 Å². The summed E-state index contributed by atoms with van der Waals surface area (Å²) in [5.74, 6) is 0. The third-order valence-corrected chi connectivity index (χ3v) is 2.50. The monoisotopic (exact) mass is 234 g/mol. The molecule has 2 rings (SSSR count). The summed E-state index contributed by atoms with van der Waals surface area (Å²) in [5, 5.41) is 1.46. The second kappa shape index (κ2) is 4.69. The van der Waals surface area contributed by atoms with Gasteiger partial charge in [-0.25, -0.2) is 0 Å². The predicted octanol–water partition coefficient (Wildman–Crippen LogP) is 4.18. The molecule has 0 aliphatic rings. The van der Waals surface area contributed by atoms with Crippen LogP contribution in [0.25, 0.3) is 0 Å². The molecule has 74 valence electrons. The molecule has 0 aromatic heterocycles. The smallest absolute Gasteiger partial charge is 0.0409 e. The second-order valence-electron chi connectivity index (χ2n) is 3.24. The van der Waals surface area contributed by atoms with Crippen LogP contribution in [0.4, 0.5) is 0 Å². The van der Waals surface area contributed by atoms with E-state index in [-0.39, 0.29) is 0 Å². The Hall–Kier alpha value is -0.980. The van der Waals surface area contributed by atoms with Gasteiger partial charge in [-0.1, -0.05) is 35.3 Å². The van der Waals surface area contributed by atoms with Crippen molar-refractivity contribution < 1.29 is 0 Å². The maximum atomic E-state index is 5.89. The highest BCUT2D eigenvalue weighted by atomic mass is 35.5. The SMILES string of the molecule is Clc1cc[c]c(Cc2[c]ccc(Cl)c2)c1. The van der Waals surface area contributed by atoms with Gasteiger partial charge in [-0.2, -0.15) is 0 Å². The van der Waals surface area contributed by atoms with E-state index in [1.54, 1.807) is 0 Å². The average molecular weight is 235 g/mol. The molecule has 0 atom stereocenters. The van der Waals surface area contributed by atoms with Crippen LogP contribution in [0, 0.1) is 12.1 Å². The summed E-state index contributed by atoms with van der Waals surface area (Å²) >= 11 is 11.8. The summed E-state index contributed by atoms with van der Waals surface area (Å²) in [6, 6.07) is 17.3. The predicted molar refractivity (Wildman–Crippen MR) is 63.4 cm³/mol. The van der Waals surface area contributed by atoms with Crippen LogP contribution in [-0.4, -0.2) is 0 Å². The molecular weight excluding hydrogens is 227 g/mol. The van der Waals surface area contributed by atoms with Crippen LogP contribution in [0.3, 0.4) is 0 Å². The zero-order chi connectivity index (χ0) is 10.7. The molecule has 0 fully saturated rings. The van der Waals surface area contributed by atoms with Crippen LogP contribution in [0.15, 0.2) is 36.4 Å². The quantitative estimate of drug-likeness (QED) is 0.732. The average Bonchev–Trinajstić information content (AvgIpc) is 2.17. The van der Waals surface area contributed by atoms with Crippen molar-refractivity contribution in [2.45, 2.75) is 6.42 Å². The van der Waals surface area contributed by atoms with E-state index in [4.69, 9.17) is 23.2 Å². The largest absolute Gasteiger partial charge is 0.0843 e. The van der Waals surface area contributed by atoms with Gasteiger partial charge < -0.3 is 0 Å². The summed E-state index contributed by atoms with van der Waals surface area (Å²) in [6.07, 6.45) is 0.751. The maximum Gasteiger partial charge on any atom is 0.0409 e. The lowest BCUT2D eigenvalue weighted by Gasteiger charge is -2.01.